The maximum absolute atomic E-state index is 13.0. The number of para-hydroxylation sites is 1. The van der Waals surface area contributed by atoms with Crippen LogP contribution in [-0.2, 0) is 10.0 Å². The van der Waals surface area contributed by atoms with Gasteiger partial charge in [0, 0.05) is 39.6 Å². The van der Waals surface area contributed by atoms with Gasteiger partial charge in [0.25, 0.3) is 5.91 Å². The number of carbonyl (C=O) groups excluding carboxylic acids is 1. The molecule has 0 radical (unpaired) electrons. The molecule has 1 amide bonds. The molecule has 0 spiro atoms. The van der Waals surface area contributed by atoms with Crippen molar-refractivity contribution in [2.24, 2.45) is 0 Å². The molecule has 5 rings (SSSR count). The molecule has 0 aliphatic heterocycles. The summed E-state index contributed by atoms with van der Waals surface area (Å²) in [5.41, 5.74) is 2.91. The number of methoxy groups -OCH3 is 1. The molecule has 1 aliphatic rings. The monoisotopic (exact) mass is 496 g/mol. The van der Waals surface area contributed by atoms with Crippen LogP contribution in [-0.4, -0.2) is 37.4 Å². The summed E-state index contributed by atoms with van der Waals surface area (Å²) in [6, 6.07) is 12.2. The lowest BCUT2D eigenvalue weighted by atomic mass is 10.1. The molecule has 34 heavy (non-hydrogen) atoms. The van der Waals surface area contributed by atoms with Gasteiger partial charge in [0.1, 0.15) is 10.6 Å². The molecule has 2 aromatic heterocycles. The van der Waals surface area contributed by atoms with Crippen LogP contribution in [0.3, 0.4) is 0 Å². The number of anilines is 1. The maximum Gasteiger partial charge on any atom is 0.257 e. The number of sulfonamides is 1. The molecular weight excluding hydrogens is 472 g/mol. The van der Waals surface area contributed by atoms with Crippen molar-refractivity contribution in [2.45, 2.75) is 36.6 Å². The highest BCUT2D eigenvalue weighted by Gasteiger charge is 2.27. The van der Waals surface area contributed by atoms with Gasteiger partial charge in [-0.3, -0.25) is 10.1 Å². The van der Waals surface area contributed by atoms with E-state index in [4.69, 9.17) is 4.74 Å². The van der Waals surface area contributed by atoms with E-state index in [1.807, 2.05) is 35.8 Å². The van der Waals surface area contributed by atoms with Crippen LogP contribution in [0.15, 0.2) is 58.9 Å². The van der Waals surface area contributed by atoms with Crippen LogP contribution in [0, 0.1) is 0 Å². The van der Waals surface area contributed by atoms with E-state index in [2.05, 4.69) is 20.0 Å². The van der Waals surface area contributed by atoms with Gasteiger partial charge in [-0.15, -0.1) is 11.3 Å². The van der Waals surface area contributed by atoms with Crippen LogP contribution in [0.2, 0.25) is 0 Å². The number of hydrogen-bond donors (Lipinski definition) is 3. The second-order valence-corrected chi connectivity index (χ2v) is 10.7. The predicted octanol–water partition coefficient (Wildman–Crippen LogP) is 4.77. The Morgan fingerprint density at radius 3 is 2.76 bits per heavy atom. The number of rotatable bonds is 7. The minimum atomic E-state index is -3.83. The van der Waals surface area contributed by atoms with Gasteiger partial charge in [-0.1, -0.05) is 31.0 Å². The van der Waals surface area contributed by atoms with Gasteiger partial charge in [0.05, 0.1) is 12.8 Å². The Bertz CT molecular complexity index is 1450. The second-order valence-electron chi connectivity index (χ2n) is 8.21. The van der Waals surface area contributed by atoms with Crippen molar-refractivity contribution in [3.8, 4) is 17.0 Å². The van der Waals surface area contributed by atoms with Crippen molar-refractivity contribution in [2.75, 3.05) is 12.4 Å². The first-order valence-corrected chi connectivity index (χ1v) is 13.3. The zero-order valence-electron chi connectivity index (χ0n) is 18.5. The van der Waals surface area contributed by atoms with Crippen LogP contribution in [0.4, 0.5) is 5.13 Å². The number of thiazole rings is 1. The summed E-state index contributed by atoms with van der Waals surface area (Å²) in [6.45, 7) is 0. The van der Waals surface area contributed by atoms with Crippen LogP contribution in [0.5, 0.6) is 5.75 Å². The lowest BCUT2D eigenvalue weighted by Gasteiger charge is -2.15. The fourth-order valence-electron chi connectivity index (χ4n) is 4.26. The van der Waals surface area contributed by atoms with Gasteiger partial charge in [-0.05, 0) is 37.1 Å². The van der Waals surface area contributed by atoms with Gasteiger partial charge in [-0.2, -0.15) is 0 Å². The molecule has 1 saturated carbocycles. The largest absolute Gasteiger partial charge is 0.495 e. The molecule has 1 aliphatic carbocycles. The average molecular weight is 497 g/mol. The summed E-state index contributed by atoms with van der Waals surface area (Å²) in [6.07, 6.45) is 5.51. The smallest absolute Gasteiger partial charge is 0.257 e. The minimum Gasteiger partial charge on any atom is -0.495 e. The van der Waals surface area contributed by atoms with E-state index in [1.54, 1.807) is 0 Å². The summed E-state index contributed by atoms with van der Waals surface area (Å²) < 4.78 is 34.0. The fraction of sp³-hybridized carbons (Fsp3) is 0.250. The lowest BCUT2D eigenvalue weighted by molar-refractivity contribution is 0.102. The summed E-state index contributed by atoms with van der Waals surface area (Å²) in [4.78, 5) is 20.7. The predicted molar refractivity (Wildman–Crippen MR) is 133 cm³/mol. The Labute approximate surface area is 201 Å². The van der Waals surface area contributed by atoms with Crippen molar-refractivity contribution in [1.29, 1.82) is 0 Å². The second kappa shape index (κ2) is 9.21. The highest BCUT2D eigenvalue weighted by Crippen LogP contribution is 2.32. The lowest BCUT2D eigenvalue weighted by Crippen LogP contribution is -2.33. The van der Waals surface area contributed by atoms with E-state index in [0.717, 1.165) is 47.8 Å². The number of nitrogens with zero attached hydrogens (tertiary/aromatic N) is 1. The van der Waals surface area contributed by atoms with Crippen molar-refractivity contribution >= 4 is 43.3 Å². The minimum absolute atomic E-state index is 0.0480. The first kappa shape index (κ1) is 22.6. The molecule has 0 unspecified atom stereocenters. The van der Waals surface area contributed by atoms with E-state index in [-0.39, 0.29) is 22.3 Å². The van der Waals surface area contributed by atoms with Gasteiger partial charge in [0.15, 0.2) is 5.13 Å². The van der Waals surface area contributed by atoms with Crippen molar-refractivity contribution < 1.29 is 17.9 Å². The fourth-order valence-corrected chi connectivity index (χ4v) is 6.47. The number of fused-ring (bicyclic) bond motifs is 1. The third kappa shape index (κ3) is 4.44. The molecule has 0 atom stereocenters. The van der Waals surface area contributed by atoms with Crippen LogP contribution < -0.4 is 14.8 Å². The first-order chi connectivity index (χ1) is 16.4. The first-order valence-electron chi connectivity index (χ1n) is 11.0. The molecule has 3 N–H and O–H groups in total. The van der Waals surface area contributed by atoms with Gasteiger partial charge in [0.2, 0.25) is 10.0 Å². The Balaban J connectivity index is 1.37. The van der Waals surface area contributed by atoms with E-state index in [1.165, 1.54) is 36.6 Å². The normalized spacial score (nSPS) is 14.5. The quantitative estimate of drug-likeness (QED) is 0.341. The zero-order chi connectivity index (χ0) is 23.7. The van der Waals surface area contributed by atoms with E-state index in [0.29, 0.717) is 5.13 Å². The number of benzene rings is 2. The molecule has 2 aromatic carbocycles. The number of nitrogens with one attached hydrogen (secondary N) is 3. The highest BCUT2D eigenvalue weighted by atomic mass is 32.2. The maximum atomic E-state index is 13.0. The zero-order valence-corrected chi connectivity index (χ0v) is 20.1. The molecule has 2 heterocycles. The molecular formula is C24H24N4O4S2. The number of H-pyrrole nitrogens is 1. The number of ether oxygens (including phenoxy) is 1. The van der Waals surface area contributed by atoms with E-state index < -0.39 is 15.9 Å². The molecule has 10 heteroatoms. The standard InChI is InChI=1S/C24H24N4O4S2/c1-32-21-11-10-15(12-22(21)34(30,31)28-16-6-2-3-7-16)23(29)27-24-26-20(14-33-24)18-13-25-19-9-5-4-8-17(18)19/h4-5,8-14,16,25,28H,2-3,6-7H2,1H3,(H,26,27,29). The van der Waals surface area contributed by atoms with Crippen LogP contribution in [0.25, 0.3) is 22.2 Å². The number of amides is 1. The van der Waals surface area contributed by atoms with Gasteiger partial charge < -0.3 is 9.72 Å². The van der Waals surface area contributed by atoms with Gasteiger partial charge in [-0.25, -0.2) is 18.1 Å². The SMILES string of the molecule is COc1ccc(C(=O)Nc2nc(-c3c[nH]c4ccccc34)cs2)cc1S(=O)(=O)NC1CCCC1. The van der Waals surface area contributed by atoms with E-state index in [9.17, 15) is 13.2 Å². The van der Waals surface area contributed by atoms with E-state index >= 15 is 0 Å². The van der Waals surface area contributed by atoms with Crippen molar-refractivity contribution in [3.63, 3.8) is 0 Å². The number of aromatic nitrogens is 2. The topological polar surface area (TPSA) is 113 Å². The molecule has 0 saturated heterocycles. The summed E-state index contributed by atoms with van der Waals surface area (Å²) >= 11 is 1.31. The molecule has 1 fully saturated rings. The molecule has 176 valence electrons. The Morgan fingerprint density at radius 2 is 1.97 bits per heavy atom. The molecule has 0 bridgehead atoms. The molecule has 4 aromatic rings. The summed E-state index contributed by atoms with van der Waals surface area (Å²) in [5, 5.41) is 6.13. The van der Waals surface area contributed by atoms with Gasteiger partial charge >= 0.3 is 0 Å². The third-order valence-electron chi connectivity index (χ3n) is 5.98. The Hall–Kier alpha value is -3.21. The third-order valence-corrected chi connectivity index (χ3v) is 8.28. The molecule has 8 nitrogen and oxygen atoms in total. The van der Waals surface area contributed by atoms with Crippen molar-refractivity contribution in [3.05, 3.63) is 59.6 Å². The number of aromatic amines is 1. The van der Waals surface area contributed by atoms with Crippen LogP contribution >= 0.6 is 11.3 Å². The Morgan fingerprint density at radius 1 is 1.18 bits per heavy atom. The average Bonchev–Trinajstić information content (AvgIpc) is 3.59. The highest BCUT2D eigenvalue weighted by molar-refractivity contribution is 7.89. The van der Waals surface area contributed by atoms with Crippen molar-refractivity contribution in [1.82, 2.24) is 14.7 Å². The summed E-state index contributed by atoms with van der Waals surface area (Å²) in [5.74, 6) is -0.252. The number of carbonyl (C=O) groups is 1. The number of hydrogen-bond acceptors (Lipinski definition) is 6. The van der Waals surface area contributed by atoms with Crippen LogP contribution in [0.1, 0.15) is 36.0 Å². The Kier molecular flexibility index (Phi) is 6.11. The summed E-state index contributed by atoms with van der Waals surface area (Å²) in [7, 11) is -2.42.